The molecule has 0 saturated heterocycles. The molecule has 0 aromatic carbocycles. The van der Waals surface area contributed by atoms with Crippen LogP contribution in [0.15, 0.2) is 10.2 Å². The lowest BCUT2D eigenvalue weighted by molar-refractivity contribution is 0.331. The third kappa shape index (κ3) is 1.57. The fraction of sp³-hybridized carbons (Fsp3) is 0.900. The summed E-state index contributed by atoms with van der Waals surface area (Å²) in [7, 11) is 0. The normalized spacial score (nSPS) is 58.2. The molecule has 22 heavy (non-hydrogen) atoms. The maximum absolute atomic E-state index is 4.89. The third-order valence-electron chi connectivity index (χ3n) is 8.71. The predicted octanol–water partition coefficient (Wildman–Crippen LogP) is 4.70. The molecule has 0 aromatic rings. The van der Waals surface area contributed by atoms with Crippen LogP contribution in [0, 0.1) is 47.3 Å². The highest BCUT2D eigenvalue weighted by molar-refractivity contribution is 5.93. The molecule has 0 aliphatic heterocycles. The topological polar surface area (TPSA) is 24.7 Å². The van der Waals surface area contributed by atoms with Gasteiger partial charge in [-0.15, -0.1) is 0 Å². The molecule has 6 saturated carbocycles. The van der Waals surface area contributed by atoms with Gasteiger partial charge in [0.05, 0.1) is 0 Å². The quantitative estimate of drug-likeness (QED) is 0.627. The van der Waals surface area contributed by atoms with Gasteiger partial charge < -0.3 is 0 Å². The summed E-state index contributed by atoms with van der Waals surface area (Å²) in [4.78, 5) is 0. The first kappa shape index (κ1) is 12.7. The van der Waals surface area contributed by atoms with E-state index in [0.29, 0.717) is 0 Å². The minimum absolute atomic E-state index is 0.833. The van der Waals surface area contributed by atoms with E-state index in [1.165, 1.54) is 75.6 Å². The molecule has 2 heteroatoms. The molecule has 6 fully saturated rings. The summed E-state index contributed by atoms with van der Waals surface area (Å²) < 4.78 is 0. The first-order valence-electron chi connectivity index (χ1n) is 10.0. The molecule has 118 valence electrons. The average molecular weight is 296 g/mol. The molecule has 4 bridgehead atoms. The van der Waals surface area contributed by atoms with Crippen molar-refractivity contribution >= 4 is 11.4 Å². The van der Waals surface area contributed by atoms with Gasteiger partial charge in [-0.05, 0) is 86.9 Å². The number of hydrogen-bond acceptors (Lipinski definition) is 2. The summed E-state index contributed by atoms with van der Waals surface area (Å²) in [6, 6.07) is 0. The largest absolute Gasteiger partial charge is 0.160 e. The number of hydrogen-bond donors (Lipinski definition) is 0. The number of nitrogens with zero attached hydrogens (tertiary/aromatic N) is 2. The van der Waals surface area contributed by atoms with Gasteiger partial charge in [-0.1, -0.05) is 12.8 Å². The lowest BCUT2D eigenvalue weighted by atomic mass is 9.80. The van der Waals surface area contributed by atoms with Gasteiger partial charge >= 0.3 is 0 Å². The summed E-state index contributed by atoms with van der Waals surface area (Å²) in [5.74, 6) is 7.76. The van der Waals surface area contributed by atoms with E-state index >= 15 is 0 Å². The average Bonchev–Trinajstić information content (AvgIpc) is 3.33. The van der Waals surface area contributed by atoms with Crippen LogP contribution < -0.4 is 0 Å². The van der Waals surface area contributed by atoms with Crippen molar-refractivity contribution < 1.29 is 0 Å². The first-order valence-corrected chi connectivity index (χ1v) is 10.0. The van der Waals surface area contributed by atoms with Crippen LogP contribution in [0.1, 0.15) is 64.2 Å². The molecular weight excluding hydrogens is 268 g/mol. The summed E-state index contributed by atoms with van der Waals surface area (Å²) >= 11 is 0. The zero-order valence-electron chi connectivity index (χ0n) is 13.6. The van der Waals surface area contributed by atoms with E-state index < -0.39 is 0 Å². The highest BCUT2D eigenvalue weighted by Gasteiger charge is 2.54. The molecule has 0 aromatic heterocycles. The zero-order valence-corrected chi connectivity index (χ0v) is 13.6. The second-order valence-corrected chi connectivity index (χ2v) is 9.31. The minimum atomic E-state index is 0.833. The molecule has 0 radical (unpaired) electrons. The maximum Gasteiger partial charge on any atom is 0.0442 e. The Labute approximate surface area is 133 Å². The Morgan fingerprint density at radius 2 is 1.05 bits per heavy atom. The summed E-state index contributed by atoms with van der Waals surface area (Å²) in [5, 5.41) is 9.77. The molecule has 0 N–H and O–H groups in total. The van der Waals surface area contributed by atoms with E-state index in [2.05, 4.69) is 0 Å². The molecule has 6 rings (SSSR count). The lowest BCUT2D eigenvalue weighted by Crippen LogP contribution is -2.25. The van der Waals surface area contributed by atoms with Crippen molar-refractivity contribution in [3.05, 3.63) is 0 Å². The lowest BCUT2D eigenvalue weighted by Gasteiger charge is -2.26. The third-order valence-corrected chi connectivity index (χ3v) is 8.71. The van der Waals surface area contributed by atoms with Gasteiger partial charge in [-0.3, -0.25) is 0 Å². The molecular formula is C20H28N2. The van der Waals surface area contributed by atoms with Gasteiger partial charge in [0, 0.05) is 23.3 Å². The van der Waals surface area contributed by atoms with Gasteiger partial charge in [0.25, 0.3) is 0 Å². The van der Waals surface area contributed by atoms with Crippen LogP contribution in [0.5, 0.6) is 0 Å². The highest BCUT2D eigenvalue weighted by atomic mass is 15.2. The Balaban J connectivity index is 1.24. The molecule has 0 amide bonds. The fourth-order valence-electron chi connectivity index (χ4n) is 7.99. The second kappa shape index (κ2) is 4.45. The standard InChI is InChI=1S/C20H28N2/c1-3-13-11-7-17(15(13)5-1)19(9-11)21-22-20-10-12-8-18(20)16-6-2-4-14(12)16/h11-18H,1-10H2/b21-19-,22-20-/t11-,12+,13-,14+,15-,16-,17+,18-/m0/s1. The van der Waals surface area contributed by atoms with Crippen LogP contribution in [0.4, 0.5) is 0 Å². The Morgan fingerprint density at radius 3 is 1.55 bits per heavy atom. The monoisotopic (exact) mass is 296 g/mol. The Morgan fingerprint density at radius 1 is 0.591 bits per heavy atom. The van der Waals surface area contributed by atoms with Crippen LogP contribution >= 0.6 is 0 Å². The van der Waals surface area contributed by atoms with Crippen molar-refractivity contribution in [2.45, 2.75) is 64.2 Å². The summed E-state index contributed by atoms with van der Waals surface area (Å²) in [6.07, 6.45) is 14.5. The molecule has 6 aliphatic carbocycles. The molecule has 6 aliphatic rings. The van der Waals surface area contributed by atoms with Gasteiger partial charge in [0.2, 0.25) is 0 Å². The van der Waals surface area contributed by atoms with Crippen LogP contribution in [0.2, 0.25) is 0 Å². The maximum atomic E-state index is 4.89. The smallest absolute Gasteiger partial charge is 0.0442 e. The zero-order chi connectivity index (χ0) is 14.3. The van der Waals surface area contributed by atoms with Crippen molar-refractivity contribution in [1.82, 2.24) is 0 Å². The van der Waals surface area contributed by atoms with Crippen LogP contribution in [0.25, 0.3) is 0 Å². The summed E-state index contributed by atoms with van der Waals surface area (Å²) in [6.45, 7) is 0. The second-order valence-electron chi connectivity index (χ2n) is 9.31. The van der Waals surface area contributed by atoms with Crippen molar-refractivity contribution in [1.29, 1.82) is 0 Å². The van der Waals surface area contributed by atoms with E-state index in [-0.39, 0.29) is 0 Å². The molecule has 0 unspecified atom stereocenters. The summed E-state index contributed by atoms with van der Waals surface area (Å²) in [5.41, 5.74) is 3.01. The van der Waals surface area contributed by atoms with Gasteiger partial charge in [0.15, 0.2) is 0 Å². The Kier molecular flexibility index (Phi) is 2.57. The van der Waals surface area contributed by atoms with Gasteiger partial charge in [-0.25, -0.2) is 0 Å². The predicted molar refractivity (Wildman–Crippen MR) is 89.0 cm³/mol. The molecule has 8 atom stereocenters. The van der Waals surface area contributed by atoms with E-state index in [9.17, 15) is 0 Å². The highest BCUT2D eigenvalue weighted by Crippen LogP contribution is 2.59. The van der Waals surface area contributed by atoms with Crippen molar-refractivity contribution in [2.24, 2.45) is 57.5 Å². The SMILES string of the molecule is C1C[C@@H]2[C@H]3C/C(=N/N=C4/C[C@@H]5C[C@@H]4[C@H]4CCC[C@@H]54)[C@@H](C3)[C@H]2C1. The molecule has 0 heterocycles. The van der Waals surface area contributed by atoms with Crippen molar-refractivity contribution in [3.63, 3.8) is 0 Å². The van der Waals surface area contributed by atoms with E-state index in [1.54, 1.807) is 0 Å². The molecule has 0 spiro atoms. The molecule has 2 nitrogen and oxygen atoms in total. The number of fused-ring (bicyclic) bond motifs is 10. The minimum Gasteiger partial charge on any atom is -0.160 e. The van der Waals surface area contributed by atoms with Crippen molar-refractivity contribution in [2.75, 3.05) is 0 Å². The van der Waals surface area contributed by atoms with Gasteiger partial charge in [-0.2, -0.15) is 10.2 Å². The van der Waals surface area contributed by atoms with E-state index in [0.717, 1.165) is 47.3 Å². The van der Waals surface area contributed by atoms with E-state index in [1.807, 2.05) is 0 Å². The number of rotatable bonds is 1. The van der Waals surface area contributed by atoms with Crippen LogP contribution in [-0.2, 0) is 0 Å². The Hall–Kier alpha value is -0.660. The fourth-order valence-corrected chi connectivity index (χ4v) is 7.99. The van der Waals surface area contributed by atoms with Crippen LogP contribution in [-0.4, -0.2) is 11.4 Å². The van der Waals surface area contributed by atoms with Gasteiger partial charge in [0.1, 0.15) is 0 Å². The van der Waals surface area contributed by atoms with Crippen LogP contribution in [0.3, 0.4) is 0 Å². The first-order chi connectivity index (χ1) is 10.9. The van der Waals surface area contributed by atoms with Crippen molar-refractivity contribution in [3.8, 4) is 0 Å². The van der Waals surface area contributed by atoms with E-state index in [4.69, 9.17) is 10.2 Å². The Bertz CT molecular complexity index is 512.